The normalized spacial score (nSPS) is 14.6. The summed E-state index contributed by atoms with van der Waals surface area (Å²) in [6.07, 6.45) is 0.561. The lowest BCUT2D eigenvalue weighted by molar-refractivity contribution is -0.139. The Labute approximate surface area is 76.8 Å². The Bertz CT molecular complexity index is 201. The molecule has 0 aliphatic heterocycles. The molecule has 0 aliphatic carbocycles. The molecule has 0 rings (SSSR count). The van der Waals surface area contributed by atoms with Crippen molar-refractivity contribution in [2.45, 2.75) is 19.4 Å². The molecule has 0 spiro atoms. The summed E-state index contributed by atoms with van der Waals surface area (Å²) in [5, 5.41) is 8.55. The number of carbonyl (C=O) groups is 1. The minimum absolute atomic E-state index is 0.0103. The lowest BCUT2D eigenvalue weighted by Crippen LogP contribution is -2.37. The van der Waals surface area contributed by atoms with Crippen LogP contribution in [0.5, 0.6) is 0 Å². The van der Waals surface area contributed by atoms with Crippen LogP contribution in [0.3, 0.4) is 0 Å². The van der Waals surface area contributed by atoms with Crippen LogP contribution in [0.4, 0.5) is 0 Å². The van der Waals surface area contributed by atoms with Crippen molar-refractivity contribution in [1.29, 1.82) is 0 Å². The van der Waals surface area contributed by atoms with Crippen LogP contribution in [-0.2, 0) is 4.79 Å². The van der Waals surface area contributed by atoms with Crippen LogP contribution in [0.15, 0.2) is 4.99 Å². The summed E-state index contributed by atoms with van der Waals surface area (Å²) in [6.45, 7) is 2.16. The van der Waals surface area contributed by atoms with Crippen LogP contribution < -0.4 is 17.2 Å². The number of rotatable bonds is 5. The van der Waals surface area contributed by atoms with Crippen LogP contribution in [-0.4, -0.2) is 29.6 Å². The van der Waals surface area contributed by atoms with Gasteiger partial charge in [0.05, 0.1) is 0 Å². The summed E-state index contributed by atoms with van der Waals surface area (Å²) in [6, 6.07) is -0.853. The summed E-state index contributed by atoms with van der Waals surface area (Å²) < 4.78 is 0. The number of nitrogens with zero attached hydrogens (tertiary/aromatic N) is 1. The molecule has 0 bridgehead atoms. The predicted octanol–water partition coefficient (Wildman–Crippen LogP) is -1.30. The van der Waals surface area contributed by atoms with Gasteiger partial charge in [-0.05, 0) is 12.3 Å². The Kier molecular flexibility index (Phi) is 4.83. The molecule has 0 saturated heterocycles. The van der Waals surface area contributed by atoms with Gasteiger partial charge in [0.25, 0.3) is 0 Å². The first-order chi connectivity index (χ1) is 5.95. The fourth-order valence-electron chi connectivity index (χ4n) is 0.820. The lowest BCUT2D eigenvalue weighted by atomic mass is 9.99. The van der Waals surface area contributed by atoms with Gasteiger partial charge in [-0.1, -0.05) is 6.92 Å². The molecule has 2 atom stereocenters. The summed E-state index contributed by atoms with van der Waals surface area (Å²) in [5.41, 5.74) is 15.6. The highest BCUT2D eigenvalue weighted by molar-refractivity contribution is 5.75. The summed E-state index contributed by atoms with van der Waals surface area (Å²) >= 11 is 0. The number of aliphatic carboxylic acids is 1. The zero-order valence-corrected chi connectivity index (χ0v) is 7.60. The quantitative estimate of drug-likeness (QED) is 0.315. The van der Waals surface area contributed by atoms with Crippen LogP contribution in [0, 0.1) is 5.92 Å². The highest BCUT2D eigenvalue weighted by Gasteiger charge is 2.18. The molecule has 76 valence electrons. The highest BCUT2D eigenvalue weighted by Crippen LogP contribution is 2.06. The van der Waals surface area contributed by atoms with Crippen LogP contribution in [0.2, 0.25) is 0 Å². The summed E-state index contributed by atoms with van der Waals surface area (Å²) in [5.74, 6) is -1.13. The van der Waals surface area contributed by atoms with E-state index in [1.54, 1.807) is 6.92 Å². The van der Waals surface area contributed by atoms with Crippen LogP contribution in [0.25, 0.3) is 0 Å². The number of guanidine groups is 1. The van der Waals surface area contributed by atoms with E-state index in [1.165, 1.54) is 0 Å². The van der Waals surface area contributed by atoms with E-state index in [2.05, 4.69) is 4.99 Å². The van der Waals surface area contributed by atoms with E-state index in [-0.39, 0.29) is 11.9 Å². The van der Waals surface area contributed by atoms with Crippen molar-refractivity contribution < 1.29 is 9.90 Å². The highest BCUT2D eigenvalue weighted by atomic mass is 16.4. The number of carboxylic acid groups (broad SMARTS) is 1. The first-order valence-electron chi connectivity index (χ1n) is 3.99. The van der Waals surface area contributed by atoms with E-state index in [9.17, 15) is 4.79 Å². The maximum Gasteiger partial charge on any atom is 0.320 e. The topological polar surface area (TPSA) is 128 Å². The molecule has 0 aromatic carbocycles. The second-order valence-electron chi connectivity index (χ2n) is 2.94. The molecule has 0 unspecified atom stereocenters. The van der Waals surface area contributed by atoms with Gasteiger partial charge in [0, 0.05) is 6.54 Å². The van der Waals surface area contributed by atoms with Crippen molar-refractivity contribution >= 4 is 11.9 Å². The number of hydrogen-bond donors (Lipinski definition) is 4. The van der Waals surface area contributed by atoms with Crippen molar-refractivity contribution in [1.82, 2.24) is 0 Å². The minimum Gasteiger partial charge on any atom is -0.480 e. The standard InChI is InChI=1S/C7H16N4O2/c1-4(5(8)6(12)13)2-3-11-7(9)10/h4-5H,2-3,8H2,1H3,(H,12,13)(H4,9,10,11)/t4-,5-/m0/s1. The molecule has 0 aromatic rings. The molecule has 7 N–H and O–H groups in total. The van der Waals surface area contributed by atoms with Gasteiger partial charge in [-0.3, -0.25) is 9.79 Å². The van der Waals surface area contributed by atoms with E-state index in [4.69, 9.17) is 22.3 Å². The Balaban J connectivity index is 3.81. The Hall–Kier alpha value is -1.30. The molecule has 0 radical (unpaired) electrons. The first-order valence-corrected chi connectivity index (χ1v) is 3.99. The first kappa shape index (κ1) is 11.7. The molecule has 6 nitrogen and oxygen atoms in total. The Morgan fingerprint density at radius 3 is 2.46 bits per heavy atom. The van der Waals surface area contributed by atoms with E-state index >= 15 is 0 Å². The fourth-order valence-corrected chi connectivity index (χ4v) is 0.820. The Morgan fingerprint density at radius 2 is 2.08 bits per heavy atom. The van der Waals surface area contributed by atoms with Crippen molar-refractivity contribution in [3.63, 3.8) is 0 Å². The zero-order chi connectivity index (χ0) is 10.4. The second-order valence-corrected chi connectivity index (χ2v) is 2.94. The van der Waals surface area contributed by atoms with Gasteiger partial charge >= 0.3 is 5.97 Å². The molecule has 0 saturated carbocycles. The fraction of sp³-hybridized carbons (Fsp3) is 0.714. The number of aliphatic imine (C=N–C) groups is 1. The van der Waals surface area contributed by atoms with Gasteiger partial charge in [0.15, 0.2) is 5.96 Å². The second kappa shape index (κ2) is 5.36. The van der Waals surface area contributed by atoms with Crippen molar-refractivity contribution in [3.8, 4) is 0 Å². The van der Waals surface area contributed by atoms with E-state index in [1.807, 2.05) is 0 Å². The van der Waals surface area contributed by atoms with Crippen molar-refractivity contribution in [2.24, 2.45) is 28.1 Å². The average molecular weight is 188 g/mol. The molecule has 0 heterocycles. The maximum absolute atomic E-state index is 10.4. The molecule has 6 heteroatoms. The van der Waals surface area contributed by atoms with Crippen LogP contribution in [0.1, 0.15) is 13.3 Å². The number of carboxylic acids is 1. The van der Waals surface area contributed by atoms with E-state index in [0.717, 1.165) is 0 Å². The van der Waals surface area contributed by atoms with Gasteiger partial charge in [0.1, 0.15) is 6.04 Å². The van der Waals surface area contributed by atoms with Gasteiger partial charge in [0.2, 0.25) is 0 Å². The van der Waals surface area contributed by atoms with Gasteiger partial charge in [-0.2, -0.15) is 0 Å². The monoisotopic (exact) mass is 188 g/mol. The number of hydrogen-bond acceptors (Lipinski definition) is 3. The molecule has 0 fully saturated rings. The molecule has 0 aliphatic rings. The van der Waals surface area contributed by atoms with Gasteiger partial charge in [-0.25, -0.2) is 0 Å². The molecule has 0 aromatic heterocycles. The van der Waals surface area contributed by atoms with Gasteiger partial charge < -0.3 is 22.3 Å². The summed E-state index contributed by atoms with van der Waals surface area (Å²) in [4.78, 5) is 14.2. The predicted molar refractivity (Wildman–Crippen MR) is 50.1 cm³/mol. The van der Waals surface area contributed by atoms with Crippen molar-refractivity contribution in [3.05, 3.63) is 0 Å². The molecular formula is C7H16N4O2. The Morgan fingerprint density at radius 1 is 1.54 bits per heavy atom. The third kappa shape index (κ3) is 5.02. The lowest BCUT2D eigenvalue weighted by Gasteiger charge is -2.13. The smallest absolute Gasteiger partial charge is 0.320 e. The van der Waals surface area contributed by atoms with E-state index < -0.39 is 12.0 Å². The third-order valence-electron chi connectivity index (χ3n) is 1.78. The summed E-state index contributed by atoms with van der Waals surface area (Å²) in [7, 11) is 0. The molecular weight excluding hydrogens is 172 g/mol. The number of nitrogens with two attached hydrogens (primary N) is 3. The van der Waals surface area contributed by atoms with E-state index in [0.29, 0.717) is 13.0 Å². The SMILES string of the molecule is C[C@@H](CCN=C(N)N)[C@H](N)C(=O)O. The zero-order valence-electron chi connectivity index (χ0n) is 7.60. The minimum atomic E-state index is -1.00. The largest absolute Gasteiger partial charge is 0.480 e. The van der Waals surface area contributed by atoms with Crippen molar-refractivity contribution in [2.75, 3.05) is 6.54 Å². The molecule has 0 amide bonds. The third-order valence-corrected chi connectivity index (χ3v) is 1.78. The maximum atomic E-state index is 10.4. The molecule has 13 heavy (non-hydrogen) atoms. The van der Waals surface area contributed by atoms with Gasteiger partial charge in [-0.15, -0.1) is 0 Å². The van der Waals surface area contributed by atoms with Crippen LogP contribution >= 0.6 is 0 Å². The average Bonchev–Trinajstić information content (AvgIpc) is 2.02.